The molecule has 0 bridgehead atoms. The minimum Gasteiger partial charge on any atom is -0.337 e. The number of fused-ring (bicyclic) bond motifs is 2. The first-order valence-corrected chi connectivity index (χ1v) is 12.0. The maximum absolute atomic E-state index is 13.0. The van der Waals surface area contributed by atoms with Crippen molar-refractivity contribution in [3.05, 3.63) is 42.7 Å². The van der Waals surface area contributed by atoms with Crippen LogP contribution in [-0.4, -0.2) is 32.2 Å². The van der Waals surface area contributed by atoms with Gasteiger partial charge in [-0.1, -0.05) is 11.8 Å². The van der Waals surface area contributed by atoms with Crippen LogP contribution < -0.4 is 5.56 Å². The van der Waals surface area contributed by atoms with E-state index >= 15 is 0 Å². The molecule has 1 unspecified atom stereocenters. The van der Waals surface area contributed by atoms with E-state index in [1.165, 1.54) is 22.2 Å². The molecule has 1 aliphatic rings. The molecule has 1 aliphatic heterocycles. The van der Waals surface area contributed by atoms with Gasteiger partial charge in [0.05, 0.1) is 10.6 Å². The van der Waals surface area contributed by atoms with E-state index in [0.29, 0.717) is 23.6 Å². The fourth-order valence-corrected chi connectivity index (χ4v) is 6.60. The van der Waals surface area contributed by atoms with E-state index in [1.54, 1.807) is 27.2 Å². The first-order valence-electron chi connectivity index (χ1n) is 9.42. The summed E-state index contributed by atoms with van der Waals surface area (Å²) in [5, 5.41) is 3.16. The molecule has 8 heteroatoms. The van der Waals surface area contributed by atoms with Gasteiger partial charge in [0, 0.05) is 29.4 Å². The van der Waals surface area contributed by atoms with E-state index in [1.807, 2.05) is 32.6 Å². The summed E-state index contributed by atoms with van der Waals surface area (Å²) in [4.78, 5) is 36.0. The third kappa shape index (κ3) is 3.31. The summed E-state index contributed by atoms with van der Waals surface area (Å²) < 4.78 is 1.70. The van der Waals surface area contributed by atoms with Crippen LogP contribution in [0.3, 0.4) is 0 Å². The van der Waals surface area contributed by atoms with Crippen molar-refractivity contribution in [3.63, 3.8) is 0 Å². The van der Waals surface area contributed by atoms with E-state index in [0.717, 1.165) is 28.2 Å². The minimum atomic E-state index is -0.288. The Morgan fingerprint density at radius 1 is 1.39 bits per heavy atom. The van der Waals surface area contributed by atoms with Crippen LogP contribution in [0, 0.1) is 13.8 Å². The van der Waals surface area contributed by atoms with Gasteiger partial charge in [0.2, 0.25) is 5.91 Å². The predicted octanol–water partition coefficient (Wildman–Crippen LogP) is 4.22. The Bertz CT molecular complexity index is 1110. The van der Waals surface area contributed by atoms with Crippen LogP contribution in [0.15, 0.2) is 21.4 Å². The summed E-state index contributed by atoms with van der Waals surface area (Å²) in [6.07, 6.45) is 0.924. The van der Waals surface area contributed by atoms with Crippen molar-refractivity contribution in [2.24, 2.45) is 0 Å². The molecule has 3 aromatic rings. The van der Waals surface area contributed by atoms with Crippen LogP contribution in [0.2, 0.25) is 0 Å². The lowest BCUT2D eigenvalue weighted by atomic mass is 10.1. The standard InChI is InChI=1S/C20H23N3O2S3/c1-5-23-19(25)16-11(2)12(3)27-17(16)21-20(23)28-13(4)18(24)22-8-6-15-14(10-22)7-9-26-15/h7,9,13H,5-6,8,10H2,1-4H3. The molecule has 0 radical (unpaired) electrons. The molecule has 0 aromatic carbocycles. The maximum atomic E-state index is 13.0. The Hall–Kier alpha value is -1.64. The molecule has 4 heterocycles. The number of rotatable bonds is 4. The Balaban J connectivity index is 1.60. The SMILES string of the molecule is CCn1c(SC(C)C(=O)N2CCc3sccc3C2)nc2sc(C)c(C)c2c1=O. The summed E-state index contributed by atoms with van der Waals surface area (Å²) in [5.41, 5.74) is 2.27. The fourth-order valence-electron chi connectivity index (χ4n) is 3.58. The molecule has 0 fully saturated rings. The van der Waals surface area contributed by atoms with E-state index in [-0.39, 0.29) is 16.7 Å². The molecule has 148 valence electrons. The van der Waals surface area contributed by atoms with Gasteiger partial charge in [-0.25, -0.2) is 4.98 Å². The Morgan fingerprint density at radius 3 is 2.93 bits per heavy atom. The van der Waals surface area contributed by atoms with E-state index < -0.39 is 0 Å². The zero-order chi connectivity index (χ0) is 20.0. The molecule has 3 aromatic heterocycles. The van der Waals surface area contributed by atoms with Gasteiger partial charge in [0.25, 0.3) is 5.56 Å². The topological polar surface area (TPSA) is 55.2 Å². The Kier molecular flexibility index (Phi) is 5.37. The third-order valence-corrected chi connectivity index (χ3v) is 8.52. The zero-order valence-corrected chi connectivity index (χ0v) is 18.9. The van der Waals surface area contributed by atoms with Gasteiger partial charge in [-0.2, -0.15) is 0 Å². The Labute approximate surface area is 176 Å². The van der Waals surface area contributed by atoms with Crippen LogP contribution in [0.5, 0.6) is 0 Å². The van der Waals surface area contributed by atoms with Crippen LogP contribution in [-0.2, 0) is 24.3 Å². The largest absolute Gasteiger partial charge is 0.337 e. The minimum absolute atomic E-state index is 0.00242. The molecule has 5 nitrogen and oxygen atoms in total. The summed E-state index contributed by atoms with van der Waals surface area (Å²) in [5.74, 6) is 0.109. The van der Waals surface area contributed by atoms with Crippen molar-refractivity contribution in [1.82, 2.24) is 14.5 Å². The second kappa shape index (κ2) is 7.65. The molecule has 0 saturated carbocycles. The highest BCUT2D eigenvalue weighted by Gasteiger charge is 2.27. The lowest BCUT2D eigenvalue weighted by molar-refractivity contribution is -0.131. The van der Waals surface area contributed by atoms with Crippen molar-refractivity contribution >= 4 is 50.6 Å². The zero-order valence-electron chi connectivity index (χ0n) is 16.4. The number of thiophene rings is 2. The lowest BCUT2D eigenvalue weighted by Gasteiger charge is -2.29. The number of hydrogen-bond donors (Lipinski definition) is 0. The average Bonchev–Trinajstić information content (AvgIpc) is 3.25. The van der Waals surface area contributed by atoms with E-state index in [2.05, 4.69) is 11.4 Å². The molecule has 28 heavy (non-hydrogen) atoms. The van der Waals surface area contributed by atoms with E-state index in [9.17, 15) is 9.59 Å². The summed E-state index contributed by atoms with van der Waals surface area (Å²) in [6, 6.07) is 2.11. The van der Waals surface area contributed by atoms with Crippen molar-refractivity contribution in [3.8, 4) is 0 Å². The van der Waals surface area contributed by atoms with Gasteiger partial charge < -0.3 is 4.90 Å². The number of amides is 1. The first-order chi connectivity index (χ1) is 13.4. The maximum Gasteiger partial charge on any atom is 0.263 e. The monoisotopic (exact) mass is 433 g/mol. The molecular formula is C20H23N3O2S3. The predicted molar refractivity (Wildman–Crippen MR) is 118 cm³/mol. The van der Waals surface area contributed by atoms with Crippen molar-refractivity contribution in [1.29, 1.82) is 0 Å². The summed E-state index contributed by atoms with van der Waals surface area (Å²) in [7, 11) is 0. The van der Waals surface area contributed by atoms with Gasteiger partial charge in [0.1, 0.15) is 4.83 Å². The molecule has 4 rings (SSSR count). The van der Waals surface area contributed by atoms with Crippen LogP contribution in [0.4, 0.5) is 0 Å². The molecule has 0 N–H and O–H groups in total. The second-order valence-electron chi connectivity index (χ2n) is 7.05. The molecule has 0 spiro atoms. The van der Waals surface area contributed by atoms with Gasteiger partial charge in [-0.05, 0) is 56.7 Å². The third-order valence-electron chi connectivity index (χ3n) is 5.32. The van der Waals surface area contributed by atoms with E-state index in [4.69, 9.17) is 4.98 Å². The summed E-state index contributed by atoms with van der Waals surface area (Å²) >= 11 is 4.72. The first kappa shape index (κ1) is 19.7. The number of carbonyl (C=O) groups is 1. The lowest BCUT2D eigenvalue weighted by Crippen LogP contribution is -2.40. The fraction of sp³-hybridized carbons (Fsp3) is 0.450. The summed E-state index contributed by atoms with van der Waals surface area (Å²) in [6.45, 7) is 9.84. The molecule has 0 saturated heterocycles. The van der Waals surface area contributed by atoms with Gasteiger partial charge in [-0.3, -0.25) is 14.2 Å². The smallest absolute Gasteiger partial charge is 0.263 e. The highest BCUT2D eigenvalue weighted by molar-refractivity contribution is 8.00. The van der Waals surface area contributed by atoms with Crippen molar-refractivity contribution in [2.75, 3.05) is 6.54 Å². The number of aryl methyl sites for hydroxylation is 2. The molecule has 1 amide bonds. The van der Waals surface area contributed by atoms with Crippen LogP contribution >= 0.6 is 34.4 Å². The quantitative estimate of drug-likeness (QED) is 0.457. The van der Waals surface area contributed by atoms with Crippen LogP contribution in [0.1, 0.15) is 34.7 Å². The Morgan fingerprint density at radius 2 is 2.18 bits per heavy atom. The van der Waals surface area contributed by atoms with Crippen LogP contribution in [0.25, 0.3) is 10.2 Å². The highest BCUT2D eigenvalue weighted by atomic mass is 32.2. The number of thioether (sulfide) groups is 1. The number of aromatic nitrogens is 2. The second-order valence-corrected chi connectivity index (χ2v) is 10.6. The van der Waals surface area contributed by atoms with Gasteiger partial charge in [-0.15, -0.1) is 22.7 Å². The highest BCUT2D eigenvalue weighted by Crippen LogP contribution is 2.31. The number of nitrogens with zero attached hydrogens (tertiary/aromatic N) is 3. The average molecular weight is 434 g/mol. The van der Waals surface area contributed by atoms with Gasteiger partial charge in [0.15, 0.2) is 5.16 Å². The van der Waals surface area contributed by atoms with Crippen molar-refractivity contribution in [2.45, 2.75) is 57.6 Å². The molecule has 1 atom stereocenters. The van der Waals surface area contributed by atoms with Gasteiger partial charge >= 0.3 is 0 Å². The number of hydrogen-bond acceptors (Lipinski definition) is 6. The van der Waals surface area contributed by atoms with Crippen molar-refractivity contribution < 1.29 is 4.79 Å². The number of carbonyl (C=O) groups excluding carboxylic acids is 1. The molecular weight excluding hydrogens is 410 g/mol. The normalized spacial score (nSPS) is 15.1. The molecule has 0 aliphatic carbocycles.